The van der Waals surface area contributed by atoms with Gasteiger partial charge in [-0.1, -0.05) is 66.7 Å². The number of H-pyrrole nitrogens is 1. The second-order valence-corrected chi connectivity index (χ2v) is 7.79. The first kappa shape index (κ1) is 19.2. The molecule has 0 atom stereocenters. The average molecular weight is 408 g/mol. The van der Waals surface area contributed by atoms with Crippen LogP contribution in [0.4, 0.5) is 0 Å². The Hall–Kier alpha value is -3.79. The molecule has 31 heavy (non-hydrogen) atoms. The van der Waals surface area contributed by atoms with Crippen LogP contribution in [0, 0.1) is 0 Å². The van der Waals surface area contributed by atoms with Crippen molar-refractivity contribution in [2.24, 2.45) is 0 Å². The van der Waals surface area contributed by atoms with Crippen LogP contribution in [-0.2, 0) is 13.0 Å². The number of nitrogens with one attached hydrogen (secondary N) is 1. The molecule has 1 aliphatic rings. The molecule has 0 aliphatic carbocycles. The Morgan fingerprint density at radius 2 is 1.74 bits per heavy atom. The maximum absolute atomic E-state index is 5.82. The van der Waals surface area contributed by atoms with Gasteiger partial charge >= 0.3 is 0 Å². The van der Waals surface area contributed by atoms with E-state index in [2.05, 4.69) is 82.1 Å². The highest BCUT2D eigenvalue weighted by Crippen LogP contribution is 2.23. The van der Waals surface area contributed by atoms with E-state index < -0.39 is 0 Å². The molecule has 0 fully saturated rings. The normalized spacial score (nSPS) is 13.4. The van der Waals surface area contributed by atoms with Crippen molar-refractivity contribution in [3.63, 3.8) is 0 Å². The minimum atomic E-state index is 0.478. The number of benzene rings is 3. The number of allylic oxidation sites excluding steroid dienone is 2. The Labute approximate surface area is 182 Å². The average Bonchev–Trinajstić information content (AvgIpc) is 3.31. The quantitative estimate of drug-likeness (QED) is 0.412. The Bertz CT molecular complexity index is 1220. The first-order chi connectivity index (χ1) is 15.3. The van der Waals surface area contributed by atoms with Crippen LogP contribution < -0.4 is 4.74 Å². The van der Waals surface area contributed by atoms with E-state index in [0.717, 1.165) is 36.5 Å². The predicted molar refractivity (Wildman–Crippen MR) is 125 cm³/mol. The molecule has 0 amide bonds. The lowest BCUT2D eigenvalue weighted by atomic mass is 10.0. The SMILES string of the molecule is C1=CN(CCc2ccc3ccccc3c2)C=C(c2cc(COc3ccccc3)[nH]n2)C1. The molecule has 2 heterocycles. The molecule has 0 unspecified atom stereocenters. The van der Waals surface area contributed by atoms with Gasteiger partial charge in [-0.05, 0) is 59.1 Å². The number of fused-ring (bicyclic) bond motifs is 1. The summed E-state index contributed by atoms with van der Waals surface area (Å²) in [5.74, 6) is 0.860. The number of rotatable bonds is 7. The van der Waals surface area contributed by atoms with Gasteiger partial charge in [0.1, 0.15) is 12.4 Å². The monoisotopic (exact) mass is 407 g/mol. The molecule has 0 bridgehead atoms. The zero-order valence-electron chi connectivity index (χ0n) is 17.4. The minimum Gasteiger partial charge on any atom is -0.487 e. The van der Waals surface area contributed by atoms with Crippen molar-refractivity contribution < 1.29 is 4.74 Å². The van der Waals surface area contributed by atoms with Gasteiger partial charge in [-0.2, -0.15) is 5.10 Å². The van der Waals surface area contributed by atoms with Crippen molar-refractivity contribution in [1.29, 1.82) is 0 Å². The fourth-order valence-corrected chi connectivity index (χ4v) is 3.85. The van der Waals surface area contributed by atoms with E-state index in [-0.39, 0.29) is 0 Å². The third-order valence-electron chi connectivity index (χ3n) is 5.53. The third-order valence-corrected chi connectivity index (χ3v) is 5.53. The fourth-order valence-electron chi connectivity index (χ4n) is 3.85. The molecule has 1 aliphatic heterocycles. The smallest absolute Gasteiger partial charge is 0.130 e. The summed E-state index contributed by atoms with van der Waals surface area (Å²) in [4.78, 5) is 2.25. The first-order valence-electron chi connectivity index (χ1n) is 10.7. The number of para-hydroxylation sites is 1. The number of nitrogens with zero attached hydrogens (tertiary/aromatic N) is 2. The van der Waals surface area contributed by atoms with Gasteiger partial charge in [0.15, 0.2) is 0 Å². The summed E-state index contributed by atoms with van der Waals surface area (Å²) in [5.41, 5.74) is 4.51. The van der Waals surface area contributed by atoms with E-state index in [0.29, 0.717) is 6.61 Å². The fraction of sp³-hybridized carbons (Fsp3) is 0.148. The summed E-state index contributed by atoms with van der Waals surface area (Å²) >= 11 is 0. The van der Waals surface area contributed by atoms with Gasteiger partial charge in [-0.15, -0.1) is 0 Å². The van der Waals surface area contributed by atoms with Crippen molar-refractivity contribution in [2.75, 3.05) is 6.54 Å². The molecule has 1 N–H and O–H groups in total. The van der Waals surface area contributed by atoms with Crippen LogP contribution >= 0.6 is 0 Å². The van der Waals surface area contributed by atoms with Crippen molar-refractivity contribution in [2.45, 2.75) is 19.4 Å². The zero-order valence-corrected chi connectivity index (χ0v) is 17.4. The summed E-state index contributed by atoms with van der Waals surface area (Å²) in [5, 5.41) is 10.2. The summed E-state index contributed by atoms with van der Waals surface area (Å²) in [7, 11) is 0. The van der Waals surface area contributed by atoms with Gasteiger partial charge in [0.25, 0.3) is 0 Å². The number of aromatic amines is 1. The Morgan fingerprint density at radius 3 is 2.65 bits per heavy atom. The maximum Gasteiger partial charge on any atom is 0.130 e. The number of hydrogen-bond donors (Lipinski definition) is 1. The molecule has 0 radical (unpaired) electrons. The van der Waals surface area contributed by atoms with E-state index in [9.17, 15) is 0 Å². The largest absolute Gasteiger partial charge is 0.487 e. The van der Waals surface area contributed by atoms with Crippen LogP contribution in [-0.4, -0.2) is 21.6 Å². The molecule has 4 heteroatoms. The number of aromatic nitrogens is 2. The van der Waals surface area contributed by atoms with Gasteiger partial charge in [0, 0.05) is 12.7 Å². The molecule has 0 spiro atoms. The molecular weight excluding hydrogens is 382 g/mol. The van der Waals surface area contributed by atoms with Gasteiger partial charge in [-0.25, -0.2) is 0 Å². The lowest BCUT2D eigenvalue weighted by Crippen LogP contribution is -2.16. The van der Waals surface area contributed by atoms with Gasteiger partial charge in [0.2, 0.25) is 0 Å². The molecule has 3 aromatic carbocycles. The van der Waals surface area contributed by atoms with Crippen molar-refractivity contribution in [3.8, 4) is 5.75 Å². The zero-order chi connectivity index (χ0) is 20.9. The molecular formula is C27H25N3O. The predicted octanol–water partition coefficient (Wildman–Crippen LogP) is 5.94. The molecule has 0 saturated carbocycles. The minimum absolute atomic E-state index is 0.478. The van der Waals surface area contributed by atoms with Crippen LogP contribution in [0.3, 0.4) is 0 Å². The third kappa shape index (κ3) is 4.69. The van der Waals surface area contributed by atoms with Crippen LogP contribution in [0.15, 0.2) is 97.3 Å². The molecule has 0 saturated heterocycles. The topological polar surface area (TPSA) is 41.1 Å². The second-order valence-electron chi connectivity index (χ2n) is 7.79. The molecule has 154 valence electrons. The van der Waals surface area contributed by atoms with E-state index in [4.69, 9.17) is 4.74 Å². The molecule has 1 aromatic heterocycles. The molecule has 4 aromatic rings. The standard InChI is InChI=1S/C27H25N3O/c1-2-10-26(11-3-1)31-20-25-18-27(29-28-25)24-9-6-15-30(19-24)16-14-21-12-13-22-7-4-5-8-23(22)17-21/h1-8,10-13,15,17-19H,9,14,16,20H2,(H,28,29). The summed E-state index contributed by atoms with van der Waals surface area (Å²) < 4.78 is 5.82. The summed E-state index contributed by atoms with van der Waals surface area (Å²) in [6, 6.07) is 27.2. The van der Waals surface area contributed by atoms with Crippen LogP contribution in [0.2, 0.25) is 0 Å². The van der Waals surface area contributed by atoms with Gasteiger partial charge in [0.05, 0.1) is 11.4 Å². The second kappa shape index (κ2) is 8.92. The molecule has 4 nitrogen and oxygen atoms in total. The Morgan fingerprint density at radius 1 is 0.903 bits per heavy atom. The lowest BCUT2D eigenvalue weighted by Gasteiger charge is -2.21. The first-order valence-corrected chi connectivity index (χ1v) is 10.7. The van der Waals surface area contributed by atoms with Crippen LogP contribution in [0.1, 0.15) is 23.4 Å². The van der Waals surface area contributed by atoms with E-state index >= 15 is 0 Å². The van der Waals surface area contributed by atoms with E-state index in [1.54, 1.807) is 0 Å². The van der Waals surface area contributed by atoms with Crippen LogP contribution in [0.5, 0.6) is 5.75 Å². The van der Waals surface area contributed by atoms with E-state index in [1.807, 2.05) is 30.3 Å². The van der Waals surface area contributed by atoms with Gasteiger partial charge < -0.3 is 9.64 Å². The maximum atomic E-state index is 5.82. The van der Waals surface area contributed by atoms with E-state index in [1.165, 1.54) is 21.9 Å². The number of hydrogen-bond acceptors (Lipinski definition) is 3. The van der Waals surface area contributed by atoms with Crippen LogP contribution in [0.25, 0.3) is 16.3 Å². The summed E-state index contributed by atoms with van der Waals surface area (Å²) in [6.45, 7) is 1.42. The Kier molecular flexibility index (Phi) is 5.52. The summed E-state index contributed by atoms with van der Waals surface area (Å²) in [6.07, 6.45) is 8.45. The Balaban J connectivity index is 1.21. The van der Waals surface area contributed by atoms with Gasteiger partial charge in [-0.3, -0.25) is 5.10 Å². The lowest BCUT2D eigenvalue weighted by molar-refractivity contribution is 0.301. The highest BCUT2D eigenvalue weighted by Gasteiger charge is 2.11. The van der Waals surface area contributed by atoms with Crippen molar-refractivity contribution >= 4 is 16.3 Å². The number of ether oxygens (including phenoxy) is 1. The van der Waals surface area contributed by atoms with Crippen molar-refractivity contribution in [3.05, 3.63) is 114 Å². The highest BCUT2D eigenvalue weighted by molar-refractivity contribution is 5.83. The highest BCUT2D eigenvalue weighted by atomic mass is 16.5. The molecule has 5 rings (SSSR count). The van der Waals surface area contributed by atoms with Crippen molar-refractivity contribution in [1.82, 2.24) is 15.1 Å².